The molecule has 0 amide bonds. The second kappa shape index (κ2) is 6.62. The molecule has 1 atom stereocenters. The van der Waals surface area contributed by atoms with Gasteiger partial charge in [-0.15, -0.1) is 0 Å². The molecular formula is C20H18N2O2. The normalized spacial score (nSPS) is 15.8. The molecule has 1 unspecified atom stereocenters. The van der Waals surface area contributed by atoms with Crippen LogP contribution >= 0.6 is 0 Å². The van der Waals surface area contributed by atoms with E-state index < -0.39 is 0 Å². The first-order chi connectivity index (χ1) is 11.9. The molecule has 24 heavy (non-hydrogen) atoms. The number of benzene rings is 2. The van der Waals surface area contributed by atoms with Gasteiger partial charge < -0.3 is 14.8 Å². The second-order valence-corrected chi connectivity index (χ2v) is 5.67. The Morgan fingerprint density at radius 3 is 2.58 bits per heavy atom. The highest BCUT2D eigenvalue weighted by Crippen LogP contribution is 2.31. The zero-order valence-corrected chi connectivity index (χ0v) is 13.2. The number of para-hydroxylation sites is 2. The summed E-state index contributed by atoms with van der Waals surface area (Å²) in [5, 5.41) is 3.34. The molecule has 4 heteroatoms. The molecule has 1 N–H and O–H groups in total. The molecule has 4 nitrogen and oxygen atoms in total. The zero-order chi connectivity index (χ0) is 16.2. The lowest BCUT2D eigenvalue weighted by atomic mass is 10.1. The van der Waals surface area contributed by atoms with E-state index in [1.165, 1.54) is 5.56 Å². The van der Waals surface area contributed by atoms with E-state index in [0.29, 0.717) is 13.2 Å². The summed E-state index contributed by atoms with van der Waals surface area (Å²) in [6.45, 7) is 1.17. The fraction of sp³-hybridized carbons (Fsp3) is 0.150. The van der Waals surface area contributed by atoms with Crippen LogP contribution in [-0.2, 0) is 0 Å². The van der Waals surface area contributed by atoms with Crippen LogP contribution in [0.25, 0.3) is 11.1 Å². The molecule has 0 fully saturated rings. The van der Waals surface area contributed by atoms with Crippen LogP contribution in [0.5, 0.6) is 11.5 Å². The number of pyridine rings is 1. The summed E-state index contributed by atoms with van der Waals surface area (Å²) in [7, 11) is 0. The fourth-order valence-corrected chi connectivity index (χ4v) is 2.72. The van der Waals surface area contributed by atoms with E-state index in [4.69, 9.17) is 9.47 Å². The van der Waals surface area contributed by atoms with Crippen LogP contribution in [-0.4, -0.2) is 24.2 Å². The Kier molecular flexibility index (Phi) is 4.02. The summed E-state index contributed by atoms with van der Waals surface area (Å²) in [5.41, 5.74) is 2.31. The molecule has 0 bridgehead atoms. The van der Waals surface area contributed by atoms with Crippen LogP contribution in [0.1, 0.15) is 0 Å². The number of fused-ring (bicyclic) bond motifs is 1. The van der Waals surface area contributed by atoms with E-state index in [9.17, 15) is 0 Å². The third-order valence-corrected chi connectivity index (χ3v) is 3.95. The van der Waals surface area contributed by atoms with Crippen molar-refractivity contribution in [3.05, 3.63) is 72.9 Å². The highest BCUT2D eigenvalue weighted by Gasteiger charge is 2.20. The molecule has 0 spiro atoms. The van der Waals surface area contributed by atoms with Crippen LogP contribution in [0.2, 0.25) is 0 Å². The summed E-state index contributed by atoms with van der Waals surface area (Å²) < 4.78 is 11.7. The quantitative estimate of drug-likeness (QED) is 0.789. The third kappa shape index (κ3) is 3.18. The Balaban J connectivity index is 1.42. The molecule has 3 aromatic rings. The van der Waals surface area contributed by atoms with Crippen molar-refractivity contribution < 1.29 is 9.47 Å². The Labute approximate surface area is 141 Å². The number of hydrogen-bond donors (Lipinski definition) is 1. The lowest BCUT2D eigenvalue weighted by molar-refractivity contribution is 0.0997. The highest BCUT2D eigenvalue weighted by atomic mass is 16.6. The average Bonchev–Trinajstić information content (AvgIpc) is 2.67. The molecular weight excluding hydrogens is 300 g/mol. The van der Waals surface area contributed by atoms with E-state index in [0.717, 1.165) is 22.9 Å². The van der Waals surface area contributed by atoms with E-state index in [1.807, 2.05) is 60.8 Å². The summed E-state index contributed by atoms with van der Waals surface area (Å²) in [4.78, 5) is 4.39. The predicted molar refractivity (Wildman–Crippen MR) is 94.5 cm³/mol. The zero-order valence-electron chi connectivity index (χ0n) is 13.2. The van der Waals surface area contributed by atoms with Crippen molar-refractivity contribution in [2.45, 2.75) is 6.10 Å². The first kappa shape index (κ1) is 14.6. The first-order valence-corrected chi connectivity index (χ1v) is 8.02. The molecule has 1 aliphatic heterocycles. The lowest BCUT2D eigenvalue weighted by Gasteiger charge is -2.26. The number of ether oxygens (including phenoxy) is 2. The molecule has 120 valence electrons. The summed E-state index contributed by atoms with van der Waals surface area (Å²) in [6.07, 6.45) is 1.78. The van der Waals surface area contributed by atoms with Gasteiger partial charge in [0.2, 0.25) is 0 Å². The largest absolute Gasteiger partial charge is 0.486 e. The standard InChI is InChI=1S/C20H18N2O2/c1-2-6-15(7-3-1)16-10-11-21-20(12-16)22-13-17-14-23-18-8-4-5-9-19(18)24-17/h1-12,17H,13-14H2,(H,21,22). The van der Waals surface area contributed by atoms with E-state index in [2.05, 4.69) is 22.4 Å². The van der Waals surface area contributed by atoms with Gasteiger partial charge in [0, 0.05) is 6.20 Å². The van der Waals surface area contributed by atoms with Crippen molar-refractivity contribution in [2.75, 3.05) is 18.5 Å². The summed E-state index contributed by atoms with van der Waals surface area (Å²) in [5.74, 6) is 2.43. The maximum absolute atomic E-state index is 5.95. The van der Waals surface area contributed by atoms with Gasteiger partial charge in [-0.1, -0.05) is 42.5 Å². The molecule has 0 saturated heterocycles. The Bertz CT molecular complexity index is 821. The van der Waals surface area contributed by atoms with E-state index in [-0.39, 0.29) is 6.10 Å². The van der Waals surface area contributed by atoms with Gasteiger partial charge in [0.05, 0.1) is 6.54 Å². The number of hydrogen-bond acceptors (Lipinski definition) is 4. The van der Waals surface area contributed by atoms with Gasteiger partial charge in [0.15, 0.2) is 11.5 Å². The van der Waals surface area contributed by atoms with E-state index in [1.54, 1.807) is 0 Å². The number of anilines is 1. The van der Waals surface area contributed by atoms with Crippen LogP contribution in [0.4, 0.5) is 5.82 Å². The van der Waals surface area contributed by atoms with Crippen molar-refractivity contribution in [1.82, 2.24) is 4.98 Å². The van der Waals surface area contributed by atoms with Gasteiger partial charge in [0.1, 0.15) is 18.5 Å². The van der Waals surface area contributed by atoms with Gasteiger partial charge in [-0.25, -0.2) is 4.98 Å². The van der Waals surface area contributed by atoms with Gasteiger partial charge in [-0.2, -0.15) is 0 Å². The monoisotopic (exact) mass is 318 g/mol. The van der Waals surface area contributed by atoms with Gasteiger partial charge >= 0.3 is 0 Å². The second-order valence-electron chi connectivity index (χ2n) is 5.67. The predicted octanol–water partition coefficient (Wildman–Crippen LogP) is 4.00. The summed E-state index contributed by atoms with van der Waals surface area (Å²) >= 11 is 0. The van der Waals surface area contributed by atoms with Crippen molar-refractivity contribution in [3.63, 3.8) is 0 Å². The topological polar surface area (TPSA) is 43.4 Å². The van der Waals surface area contributed by atoms with Crippen LogP contribution in [0, 0.1) is 0 Å². The molecule has 1 aromatic heterocycles. The van der Waals surface area contributed by atoms with Crippen molar-refractivity contribution in [3.8, 4) is 22.6 Å². The maximum Gasteiger partial charge on any atom is 0.161 e. The van der Waals surface area contributed by atoms with Gasteiger partial charge in [-0.3, -0.25) is 0 Å². The average molecular weight is 318 g/mol. The minimum atomic E-state index is -0.0397. The summed E-state index contributed by atoms with van der Waals surface area (Å²) in [6, 6.07) is 22.1. The molecule has 2 aromatic carbocycles. The fourth-order valence-electron chi connectivity index (χ4n) is 2.72. The molecule has 0 saturated carbocycles. The minimum absolute atomic E-state index is 0.0397. The van der Waals surface area contributed by atoms with Crippen molar-refractivity contribution in [1.29, 1.82) is 0 Å². The van der Waals surface area contributed by atoms with E-state index >= 15 is 0 Å². The molecule has 1 aliphatic rings. The maximum atomic E-state index is 5.95. The number of nitrogens with zero attached hydrogens (tertiary/aromatic N) is 1. The third-order valence-electron chi connectivity index (χ3n) is 3.95. The highest BCUT2D eigenvalue weighted by molar-refractivity contribution is 5.66. The number of nitrogens with one attached hydrogen (secondary N) is 1. The number of aromatic nitrogens is 1. The number of rotatable bonds is 4. The Morgan fingerprint density at radius 2 is 1.71 bits per heavy atom. The Morgan fingerprint density at radius 1 is 0.917 bits per heavy atom. The van der Waals surface area contributed by atoms with Crippen LogP contribution in [0.3, 0.4) is 0 Å². The molecule has 4 rings (SSSR count). The molecule has 2 heterocycles. The van der Waals surface area contributed by atoms with Crippen molar-refractivity contribution in [2.24, 2.45) is 0 Å². The molecule has 0 aliphatic carbocycles. The van der Waals surface area contributed by atoms with Crippen LogP contribution < -0.4 is 14.8 Å². The molecule has 0 radical (unpaired) electrons. The lowest BCUT2D eigenvalue weighted by Crippen LogP contribution is -2.35. The smallest absolute Gasteiger partial charge is 0.161 e. The SMILES string of the molecule is c1ccc(-c2ccnc(NCC3COc4ccccc4O3)c2)cc1. The van der Waals surface area contributed by atoms with Gasteiger partial charge in [-0.05, 0) is 35.4 Å². The van der Waals surface area contributed by atoms with Crippen molar-refractivity contribution >= 4 is 5.82 Å². The minimum Gasteiger partial charge on any atom is -0.486 e. The Hall–Kier alpha value is -3.01. The van der Waals surface area contributed by atoms with Gasteiger partial charge in [0.25, 0.3) is 0 Å². The first-order valence-electron chi connectivity index (χ1n) is 8.02. The van der Waals surface area contributed by atoms with Crippen LogP contribution in [0.15, 0.2) is 72.9 Å².